The molecule has 0 fully saturated rings. The summed E-state index contributed by atoms with van der Waals surface area (Å²) in [6.07, 6.45) is 64.7. The van der Waals surface area contributed by atoms with E-state index < -0.39 is 6.10 Å². The zero-order valence-electron chi connectivity index (χ0n) is 38.2. The van der Waals surface area contributed by atoms with E-state index in [2.05, 4.69) is 69.4 Å². The molecule has 0 aromatic rings. The molecule has 0 aliphatic heterocycles. The van der Waals surface area contributed by atoms with Crippen LogP contribution in [-0.2, 0) is 28.6 Å². The van der Waals surface area contributed by atoms with E-state index >= 15 is 0 Å². The first kappa shape index (κ1) is 55.8. The van der Waals surface area contributed by atoms with Gasteiger partial charge in [-0.25, -0.2) is 0 Å². The molecule has 0 N–H and O–H groups in total. The number of ether oxygens (including phenoxy) is 3. The summed E-state index contributed by atoms with van der Waals surface area (Å²) < 4.78 is 16.6. The number of allylic oxidation sites excluding steroid dienone is 20. The van der Waals surface area contributed by atoms with Gasteiger partial charge in [-0.15, -0.1) is 0 Å². The average molecular weight is 829 g/mol. The third-order valence-corrected chi connectivity index (χ3v) is 9.40. The summed E-state index contributed by atoms with van der Waals surface area (Å²) in [5.41, 5.74) is 0. The Labute approximate surface area is 367 Å². The lowest BCUT2D eigenvalue weighted by Crippen LogP contribution is -2.30. The summed E-state index contributed by atoms with van der Waals surface area (Å²) in [5, 5.41) is 0. The van der Waals surface area contributed by atoms with E-state index in [0.717, 1.165) is 89.9 Å². The van der Waals surface area contributed by atoms with Crippen LogP contribution in [0.5, 0.6) is 0 Å². The van der Waals surface area contributed by atoms with Gasteiger partial charge in [-0.05, 0) is 83.5 Å². The molecule has 0 saturated carbocycles. The molecule has 336 valence electrons. The maximum atomic E-state index is 12.7. The molecule has 0 heterocycles. The van der Waals surface area contributed by atoms with E-state index in [-0.39, 0.29) is 37.5 Å². The quantitative estimate of drug-likeness (QED) is 0.0265. The monoisotopic (exact) mass is 829 g/mol. The second-order valence-electron chi connectivity index (χ2n) is 15.1. The summed E-state index contributed by atoms with van der Waals surface area (Å²) in [7, 11) is 0. The van der Waals surface area contributed by atoms with E-state index in [0.29, 0.717) is 19.3 Å². The largest absolute Gasteiger partial charge is 0.462 e. The van der Waals surface area contributed by atoms with Crippen LogP contribution in [0.4, 0.5) is 0 Å². The minimum absolute atomic E-state index is 0.125. The van der Waals surface area contributed by atoms with E-state index in [1.165, 1.54) is 44.9 Å². The molecule has 1 atom stereocenters. The molecule has 0 spiro atoms. The molecule has 0 radical (unpaired) electrons. The Hall–Kier alpha value is -4.19. The SMILES string of the molecule is CC\C=C/C=C\C=C/C=C\CCCCCC(=O)OCC(COC(=O)CCCCC/C=C\C=C/CCCCCCCCC)OC(=O)CCCCC\C=C/C=C\C=C/C=C\CC. The molecule has 0 saturated heterocycles. The maximum Gasteiger partial charge on any atom is 0.306 e. The van der Waals surface area contributed by atoms with Crippen molar-refractivity contribution in [1.82, 2.24) is 0 Å². The fourth-order valence-corrected chi connectivity index (χ4v) is 5.86. The van der Waals surface area contributed by atoms with Gasteiger partial charge in [0.25, 0.3) is 0 Å². The first-order chi connectivity index (χ1) is 29.5. The van der Waals surface area contributed by atoms with Gasteiger partial charge in [0, 0.05) is 19.3 Å². The smallest absolute Gasteiger partial charge is 0.306 e. The van der Waals surface area contributed by atoms with Crippen LogP contribution >= 0.6 is 0 Å². The number of carbonyl (C=O) groups excluding carboxylic acids is 3. The molecule has 6 heteroatoms. The van der Waals surface area contributed by atoms with E-state index in [4.69, 9.17) is 14.2 Å². The first-order valence-corrected chi connectivity index (χ1v) is 23.7. The predicted molar refractivity (Wildman–Crippen MR) is 256 cm³/mol. The molecule has 1 unspecified atom stereocenters. The third-order valence-electron chi connectivity index (χ3n) is 9.40. The third kappa shape index (κ3) is 44.9. The molecule has 60 heavy (non-hydrogen) atoms. The standard InChI is InChI=1S/C54H84O6/c1-4-7-10-13-16-19-22-25-26-27-30-32-35-38-41-44-47-53(56)59-50-51(60-54(57)48-45-42-39-36-33-29-24-21-18-15-12-9-6-3)49-58-52(55)46-43-40-37-34-31-28-23-20-17-14-11-8-5-2/h8-9,11-12,14-15,17-18,20-21,23-24,26-33,51H,4-7,10,13,16,19,22,25,34-50H2,1-3H3/b11-8-,12-9-,17-14-,18-15-,23-20-,24-21-,27-26-,31-28-,32-30-,33-29-. The molecule has 0 aliphatic carbocycles. The van der Waals surface area contributed by atoms with E-state index in [1.54, 1.807) is 0 Å². The summed E-state index contributed by atoms with van der Waals surface area (Å²) in [6, 6.07) is 0. The van der Waals surface area contributed by atoms with Crippen LogP contribution in [-0.4, -0.2) is 37.2 Å². The van der Waals surface area contributed by atoms with Gasteiger partial charge < -0.3 is 14.2 Å². The molecule has 0 bridgehead atoms. The van der Waals surface area contributed by atoms with Gasteiger partial charge in [-0.1, -0.05) is 200 Å². The van der Waals surface area contributed by atoms with Crippen LogP contribution in [0.1, 0.15) is 181 Å². The Morgan fingerprint density at radius 2 is 0.650 bits per heavy atom. The Bertz CT molecular complexity index is 1320. The average Bonchev–Trinajstić information content (AvgIpc) is 3.24. The fraction of sp³-hybridized carbons (Fsp3) is 0.574. The molecule has 0 amide bonds. The lowest BCUT2D eigenvalue weighted by molar-refractivity contribution is -0.167. The van der Waals surface area contributed by atoms with Crippen molar-refractivity contribution in [2.75, 3.05) is 13.2 Å². The van der Waals surface area contributed by atoms with E-state index in [9.17, 15) is 14.4 Å². The van der Waals surface area contributed by atoms with Crippen molar-refractivity contribution in [3.05, 3.63) is 122 Å². The van der Waals surface area contributed by atoms with Crippen molar-refractivity contribution in [1.29, 1.82) is 0 Å². The van der Waals surface area contributed by atoms with Gasteiger partial charge in [-0.2, -0.15) is 0 Å². The second kappa shape index (κ2) is 47.5. The lowest BCUT2D eigenvalue weighted by Gasteiger charge is -2.18. The highest BCUT2D eigenvalue weighted by Gasteiger charge is 2.19. The second-order valence-corrected chi connectivity index (χ2v) is 15.1. The van der Waals surface area contributed by atoms with Crippen LogP contribution in [0.3, 0.4) is 0 Å². The maximum absolute atomic E-state index is 12.7. The van der Waals surface area contributed by atoms with Crippen LogP contribution in [0.2, 0.25) is 0 Å². The number of hydrogen-bond donors (Lipinski definition) is 0. The highest BCUT2D eigenvalue weighted by molar-refractivity contribution is 5.71. The first-order valence-electron chi connectivity index (χ1n) is 23.7. The van der Waals surface area contributed by atoms with Gasteiger partial charge >= 0.3 is 17.9 Å². The van der Waals surface area contributed by atoms with Gasteiger partial charge in [0.1, 0.15) is 13.2 Å². The van der Waals surface area contributed by atoms with Crippen LogP contribution in [0.15, 0.2) is 122 Å². The van der Waals surface area contributed by atoms with Crippen molar-refractivity contribution in [2.45, 2.75) is 187 Å². The van der Waals surface area contributed by atoms with Gasteiger partial charge in [0.2, 0.25) is 0 Å². The van der Waals surface area contributed by atoms with Gasteiger partial charge in [0.15, 0.2) is 6.10 Å². The Morgan fingerprint density at radius 1 is 0.350 bits per heavy atom. The molecule has 0 rings (SSSR count). The van der Waals surface area contributed by atoms with Crippen LogP contribution < -0.4 is 0 Å². The lowest BCUT2D eigenvalue weighted by atomic mass is 10.1. The molecule has 0 aromatic carbocycles. The number of rotatable bonds is 40. The Kier molecular flexibility index (Phi) is 44.2. The molecule has 0 aliphatic rings. The highest BCUT2D eigenvalue weighted by Crippen LogP contribution is 2.11. The van der Waals surface area contributed by atoms with E-state index in [1.807, 2.05) is 72.9 Å². The van der Waals surface area contributed by atoms with Crippen molar-refractivity contribution in [3.8, 4) is 0 Å². The summed E-state index contributed by atoms with van der Waals surface area (Å²) in [5.74, 6) is -1.04. The minimum Gasteiger partial charge on any atom is -0.462 e. The minimum atomic E-state index is -0.827. The Morgan fingerprint density at radius 3 is 1.03 bits per heavy atom. The number of unbranched alkanes of at least 4 members (excludes halogenated alkanes) is 16. The normalized spacial score (nSPS) is 13.2. The summed E-state index contributed by atoms with van der Waals surface area (Å²) in [6.45, 7) is 6.22. The molecule has 6 nitrogen and oxygen atoms in total. The predicted octanol–water partition coefficient (Wildman–Crippen LogP) is 15.4. The van der Waals surface area contributed by atoms with Crippen molar-refractivity contribution < 1.29 is 28.6 Å². The topological polar surface area (TPSA) is 78.9 Å². The molecular formula is C54H84O6. The van der Waals surface area contributed by atoms with Crippen molar-refractivity contribution >= 4 is 17.9 Å². The van der Waals surface area contributed by atoms with Crippen molar-refractivity contribution in [2.24, 2.45) is 0 Å². The molecular weight excluding hydrogens is 745 g/mol. The van der Waals surface area contributed by atoms with Crippen LogP contribution in [0.25, 0.3) is 0 Å². The number of carbonyl (C=O) groups is 3. The Balaban J connectivity index is 4.57. The highest BCUT2D eigenvalue weighted by atomic mass is 16.6. The number of esters is 3. The zero-order chi connectivity index (χ0) is 43.7. The van der Waals surface area contributed by atoms with Crippen molar-refractivity contribution in [3.63, 3.8) is 0 Å². The van der Waals surface area contributed by atoms with Crippen LogP contribution in [0, 0.1) is 0 Å². The fourth-order valence-electron chi connectivity index (χ4n) is 5.86. The summed E-state index contributed by atoms with van der Waals surface area (Å²) in [4.78, 5) is 37.8. The summed E-state index contributed by atoms with van der Waals surface area (Å²) >= 11 is 0. The number of hydrogen-bond acceptors (Lipinski definition) is 6. The zero-order valence-corrected chi connectivity index (χ0v) is 38.2. The molecule has 0 aromatic heterocycles. The van der Waals surface area contributed by atoms with Gasteiger partial charge in [-0.3, -0.25) is 14.4 Å². The van der Waals surface area contributed by atoms with Gasteiger partial charge in [0.05, 0.1) is 0 Å².